The van der Waals surface area contributed by atoms with Crippen molar-refractivity contribution < 1.29 is 23.0 Å². The summed E-state index contributed by atoms with van der Waals surface area (Å²) in [6, 6.07) is 10.6. The number of nitrogens with zero attached hydrogens (tertiary/aromatic N) is 2. The number of aromatic hydroxyl groups is 1. The predicted molar refractivity (Wildman–Crippen MR) is 85.1 cm³/mol. The van der Waals surface area contributed by atoms with E-state index in [4.69, 9.17) is 4.74 Å². The SMILES string of the molecule is COc1ccc(O)c(C2=Nc3ccccc3N=C(C(F)(F)F)C2)c1. The van der Waals surface area contributed by atoms with Crippen LogP contribution >= 0.6 is 0 Å². The van der Waals surface area contributed by atoms with E-state index >= 15 is 0 Å². The third-order valence-electron chi connectivity index (χ3n) is 3.57. The molecule has 0 amide bonds. The highest BCUT2D eigenvalue weighted by Crippen LogP contribution is 2.36. The molecule has 1 aliphatic rings. The van der Waals surface area contributed by atoms with E-state index in [0.717, 1.165) is 0 Å². The fourth-order valence-corrected chi connectivity index (χ4v) is 2.37. The summed E-state index contributed by atoms with van der Waals surface area (Å²) in [5.41, 5.74) is -0.250. The topological polar surface area (TPSA) is 54.2 Å². The molecular weight excluding hydrogens is 321 g/mol. The summed E-state index contributed by atoms with van der Waals surface area (Å²) in [6.07, 6.45) is -5.13. The number of alkyl halides is 3. The molecule has 0 unspecified atom stereocenters. The number of fused-ring (bicyclic) bond motifs is 1. The Morgan fingerprint density at radius 3 is 2.33 bits per heavy atom. The molecule has 124 valence electrons. The number of benzene rings is 2. The maximum atomic E-state index is 13.3. The standard InChI is InChI=1S/C17H13F3N2O2/c1-24-10-6-7-15(23)11(8-10)14-9-16(17(18,19)20)22-13-5-3-2-4-12(13)21-14/h2-8,23H,9H2,1H3. The van der Waals surface area contributed by atoms with Crippen LogP contribution in [-0.4, -0.2) is 29.8 Å². The van der Waals surface area contributed by atoms with Crippen LogP contribution in [0.15, 0.2) is 52.4 Å². The number of hydrogen-bond acceptors (Lipinski definition) is 4. The number of hydrogen-bond donors (Lipinski definition) is 1. The summed E-state index contributed by atoms with van der Waals surface area (Å²) >= 11 is 0. The molecule has 4 nitrogen and oxygen atoms in total. The molecule has 0 atom stereocenters. The molecule has 2 aromatic carbocycles. The van der Waals surface area contributed by atoms with Gasteiger partial charge in [0.2, 0.25) is 0 Å². The zero-order chi connectivity index (χ0) is 17.3. The number of halogens is 3. The highest BCUT2D eigenvalue weighted by atomic mass is 19.4. The van der Waals surface area contributed by atoms with E-state index < -0.39 is 18.3 Å². The maximum Gasteiger partial charge on any atom is 0.429 e. The Hall–Kier alpha value is -2.83. The van der Waals surface area contributed by atoms with Gasteiger partial charge < -0.3 is 9.84 Å². The second-order valence-corrected chi connectivity index (χ2v) is 5.16. The van der Waals surface area contributed by atoms with Gasteiger partial charge in [-0.25, -0.2) is 4.99 Å². The molecule has 2 aromatic rings. The third kappa shape index (κ3) is 3.10. The summed E-state index contributed by atoms with van der Waals surface area (Å²) in [4.78, 5) is 8.02. The molecule has 0 saturated heterocycles. The summed E-state index contributed by atoms with van der Waals surface area (Å²) in [5, 5.41) is 10.1. The monoisotopic (exact) mass is 334 g/mol. The van der Waals surface area contributed by atoms with Gasteiger partial charge in [-0.1, -0.05) is 12.1 Å². The van der Waals surface area contributed by atoms with Crippen molar-refractivity contribution in [1.82, 2.24) is 0 Å². The quantitative estimate of drug-likeness (QED) is 0.875. The minimum absolute atomic E-state index is 0.0763. The van der Waals surface area contributed by atoms with Crippen LogP contribution < -0.4 is 4.74 Å². The van der Waals surface area contributed by atoms with E-state index in [1.165, 1.54) is 31.4 Å². The summed E-state index contributed by atoms with van der Waals surface area (Å²) in [5.74, 6) is 0.240. The fraction of sp³-hybridized carbons (Fsp3) is 0.176. The number of phenolic OH excluding ortho intramolecular Hbond substituents is 1. The van der Waals surface area contributed by atoms with Crippen molar-refractivity contribution in [3.8, 4) is 11.5 Å². The van der Waals surface area contributed by atoms with Crippen molar-refractivity contribution >= 4 is 22.8 Å². The molecular formula is C17H13F3N2O2. The van der Waals surface area contributed by atoms with Gasteiger partial charge in [0.05, 0.1) is 24.2 Å². The number of para-hydroxylation sites is 2. The largest absolute Gasteiger partial charge is 0.507 e. The molecule has 1 aliphatic heterocycles. The molecule has 0 spiro atoms. The molecule has 1 N–H and O–H groups in total. The summed E-state index contributed by atoms with van der Waals surface area (Å²) < 4.78 is 44.9. The maximum absolute atomic E-state index is 13.3. The Labute approximate surface area is 136 Å². The van der Waals surface area contributed by atoms with Crippen LogP contribution in [0.3, 0.4) is 0 Å². The second-order valence-electron chi connectivity index (χ2n) is 5.16. The Kier molecular flexibility index (Phi) is 4.01. The second kappa shape index (κ2) is 5.99. The Bertz CT molecular complexity index is 842. The Balaban J connectivity index is 2.19. The fourth-order valence-electron chi connectivity index (χ4n) is 2.37. The number of aliphatic imine (C=N–C) groups is 2. The van der Waals surface area contributed by atoms with Crippen LogP contribution in [0.5, 0.6) is 11.5 Å². The van der Waals surface area contributed by atoms with Crippen molar-refractivity contribution in [2.75, 3.05) is 7.11 Å². The molecule has 0 radical (unpaired) electrons. The van der Waals surface area contributed by atoms with E-state index in [0.29, 0.717) is 11.4 Å². The van der Waals surface area contributed by atoms with Crippen LogP contribution in [0.25, 0.3) is 0 Å². The van der Waals surface area contributed by atoms with Crippen molar-refractivity contribution in [3.05, 3.63) is 48.0 Å². The van der Waals surface area contributed by atoms with Gasteiger partial charge in [0.1, 0.15) is 17.2 Å². The zero-order valence-electron chi connectivity index (χ0n) is 12.6. The minimum atomic E-state index is -4.59. The van der Waals surface area contributed by atoms with Crippen molar-refractivity contribution in [3.63, 3.8) is 0 Å². The van der Waals surface area contributed by atoms with E-state index in [9.17, 15) is 18.3 Å². The van der Waals surface area contributed by atoms with E-state index in [2.05, 4.69) is 9.98 Å². The Morgan fingerprint density at radius 2 is 1.71 bits per heavy atom. The molecule has 0 aromatic heterocycles. The lowest BCUT2D eigenvalue weighted by molar-refractivity contribution is -0.0596. The van der Waals surface area contributed by atoms with E-state index in [1.54, 1.807) is 18.2 Å². The van der Waals surface area contributed by atoms with Crippen LogP contribution in [0.2, 0.25) is 0 Å². The smallest absolute Gasteiger partial charge is 0.429 e. The average Bonchev–Trinajstić information content (AvgIpc) is 2.74. The lowest BCUT2D eigenvalue weighted by Gasteiger charge is -2.12. The van der Waals surface area contributed by atoms with Gasteiger partial charge in [0.25, 0.3) is 0 Å². The highest BCUT2D eigenvalue weighted by Gasteiger charge is 2.37. The van der Waals surface area contributed by atoms with Gasteiger partial charge in [-0.3, -0.25) is 4.99 Å². The first-order chi connectivity index (χ1) is 11.4. The van der Waals surface area contributed by atoms with Gasteiger partial charge in [-0.05, 0) is 30.3 Å². The highest BCUT2D eigenvalue weighted by molar-refractivity contribution is 6.17. The van der Waals surface area contributed by atoms with Crippen molar-refractivity contribution in [1.29, 1.82) is 0 Å². The normalized spacial score (nSPS) is 14.3. The summed E-state index contributed by atoms with van der Waals surface area (Å²) in [6.45, 7) is 0. The average molecular weight is 334 g/mol. The number of methoxy groups -OCH3 is 1. The minimum Gasteiger partial charge on any atom is -0.507 e. The number of ether oxygens (including phenoxy) is 1. The van der Waals surface area contributed by atoms with Crippen molar-refractivity contribution in [2.45, 2.75) is 12.6 Å². The lowest BCUT2D eigenvalue weighted by Crippen LogP contribution is -2.25. The molecule has 0 saturated carbocycles. The van der Waals surface area contributed by atoms with Gasteiger partial charge in [-0.2, -0.15) is 13.2 Å². The third-order valence-corrected chi connectivity index (χ3v) is 3.57. The van der Waals surface area contributed by atoms with E-state index in [1.807, 2.05) is 0 Å². The molecule has 7 heteroatoms. The zero-order valence-corrected chi connectivity index (χ0v) is 12.6. The molecule has 0 aliphatic carbocycles. The Morgan fingerprint density at radius 1 is 1.04 bits per heavy atom. The summed E-state index contributed by atoms with van der Waals surface area (Å²) in [7, 11) is 1.43. The number of phenols is 1. The van der Waals surface area contributed by atoms with Crippen LogP contribution in [-0.2, 0) is 0 Å². The first-order valence-corrected chi connectivity index (χ1v) is 7.07. The van der Waals surface area contributed by atoms with E-state index in [-0.39, 0.29) is 22.7 Å². The van der Waals surface area contributed by atoms with Gasteiger partial charge in [0, 0.05) is 12.0 Å². The molecule has 3 rings (SSSR count). The molecule has 24 heavy (non-hydrogen) atoms. The predicted octanol–water partition coefficient (Wildman–Crippen LogP) is 4.56. The molecule has 0 bridgehead atoms. The van der Waals surface area contributed by atoms with Crippen LogP contribution in [0.4, 0.5) is 24.5 Å². The van der Waals surface area contributed by atoms with Crippen LogP contribution in [0.1, 0.15) is 12.0 Å². The lowest BCUT2D eigenvalue weighted by atomic mass is 10.0. The molecule has 0 fully saturated rings. The number of rotatable bonds is 2. The first kappa shape index (κ1) is 16.0. The van der Waals surface area contributed by atoms with Crippen LogP contribution in [0, 0.1) is 0 Å². The molecule has 1 heterocycles. The van der Waals surface area contributed by atoms with Gasteiger partial charge in [0.15, 0.2) is 0 Å². The van der Waals surface area contributed by atoms with Gasteiger partial charge in [-0.15, -0.1) is 0 Å². The van der Waals surface area contributed by atoms with Gasteiger partial charge >= 0.3 is 6.18 Å². The first-order valence-electron chi connectivity index (χ1n) is 7.07. The van der Waals surface area contributed by atoms with Crippen molar-refractivity contribution in [2.24, 2.45) is 9.98 Å².